The number of amides is 1. The Balaban J connectivity index is 2.71. The number of nitrogens with two attached hydrogens (primary N) is 1. The minimum absolute atomic E-state index is 0.0766. The standard InChI is InChI=1S/C8H10N2O3S/c9-6(11)4-10(5-8(12)13)7-2-1-3-14-7/h1-3H,4-5H2,(H2,9,11)(H,12,13). The maximum absolute atomic E-state index is 10.7. The van der Waals surface area contributed by atoms with Crippen LogP contribution in [0.1, 0.15) is 0 Å². The first-order valence-electron chi connectivity index (χ1n) is 3.88. The number of primary amides is 1. The van der Waals surface area contributed by atoms with Crippen molar-refractivity contribution in [3.8, 4) is 0 Å². The van der Waals surface area contributed by atoms with Crippen LogP contribution in [-0.4, -0.2) is 30.1 Å². The Hall–Kier alpha value is -1.56. The Labute approximate surface area is 84.7 Å². The zero-order chi connectivity index (χ0) is 10.6. The molecule has 0 aromatic carbocycles. The number of carboxylic acid groups (broad SMARTS) is 1. The summed E-state index contributed by atoms with van der Waals surface area (Å²) in [5.41, 5.74) is 5.01. The number of thiophene rings is 1. The minimum atomic E-state index is -0.986. The lowest BCUT2D eigenvalue weighted by Crippen LogP contribution is -2.36. The molecule has 1 rings (SSSR count). The van der Waals surface area contributed by atoms with Crippen molar-refractivity contribution in [2.75, 3.05) is 18.0 Å². The predicted molar refractivity (Wildman–Crippen MR) is 53.4 cm³/mol. The second-order valence-electron chi connectivity index (χ2n) is 2.67. The lowest BCUT2D eigenvalue weighted by Gasteiger charge is -2.18. The number of hydrogen-bond donors (Lipinski definition) is 2. The average Bonchev–Trinajstić information content (AvgIpc) is 2.52. The quantitative estimate of drug-likeness (QED) is 0.729. The van der Waals surface area contributed by atoms with E-state index in [9.17, 15) is 9.59 Å². The second-order valence-corrected chi connectivity index (χ2v) is 3.59. The van der Waals surface area contributed by atoms with Gasteiger partial charge in [-0.1, -0.05) is 0 Å². The van der Waals surface area contributed by atoms with Crippen molar-refractivity contribution >= 4 is 28.2 Å². The van der Waals surface area contributed by atoms with Crippen molar-refractivity contribution in [2.24, 2.45) is 5.73 Å². The molecule has 14 heavy (non-hydrogen) atoms. The Bertz CT molecular complexity index is 307. The summed E-state index contributed by atoms with van der Waals surface area (Å²) in [5, 5.41) is 11.1. The summed E-state index contributed by atoms with van der Waals surface area (Å²) in [6.07, 6.45) is 0. The first-order valence-corrected chi connectivity index (χ1v) is 4.76. The smallest absolute Gasteiger partial charge is 0.323 e. The van der Waals surface area contributed by atoms with Crippen LogP contribution in [0.2, 0.25) is 0 Å². The lowest BCUT2D eigenvalue weighted by molar-refractivity contribution is -0.135. The molecular weight excluding hydrogens is 204 g/mol. The molecule has 0 saturated carbocycles. The average molecular weight is 214 g/mol. The van der Waals surface area contributed by atoms with Gasteiger partial charge in [0.15, 0.2) is 0 Å². The highest BCUT2D eigenvalue weighted by molar-refractivity contribution is 7.14. The number of nitrogens with zero attached hydrogens (tertiary/aromatic N) is 1. The number of anilines is 1. The summed E-state index contributed by atoms with van der Waals surface area (Å²) in [4.78, 5) is 22.6. The Morgan fingerprint density at radius 1 is 1.50 bits per heavy atom. The fourth-order valence-corrected chi connectivity index (χ4v) is 1.74. The van der Waals surface area contributed by atoms with Crippen molar-refractivity contribution in [1.29, 1.82) is 0 Å². The van der Waals surface area contributed by atoms with Crippen molar-refractivity contribution in [2.45, 2.75) is 0 Å². The zero-order valence-electron chi connectivity index (χ0n) is 7.34. The molecule has 1 aromatic heterocycles. The van der Waals surface area contributed by atoms with Gasteiger partial charge in [0, 0.05) is 0 Å². The topological polar surface area (TPSA) is 83.6 Å². The molecule has 0 aliphatic heterocycles. The minimum Gasteiger partial charge on any atom is -0.480 e. The molecule has 0 saturated heterocycles. The first-order chi connectivity index (χ1) is 6.59. The zero-order valence-corrected chi connectivity index (χ0v) is 8.16. The van der Waals surface area contributed by atoms with Crippen LogP contribution in [0.15, 0.2) is 17.5 Å². The fraction of sp³-hybridized carbons (Fsp3) is 0.250. The van der Waals surface area contributed by atoms with E-state index in [0.29, 0.717) is 0 Å². The van der Waals surface area contributed by atoms with Crippen LogP contribution in [0.5, 0.6) is 0 Å². The summed E-state index contributed by atoms with van der Waals surface area (Å²) in [6, 6.07) is 3.53. The van der Waals surface area contributed by atoms with Crippen LogP contribution in [0.25, 0.3) is 0 Å². The number of carbonyl (C=O) groups excluding carboxylic acids is 1. The van der Waals surface area contributed by atoms with Crippen LogP contribution < -0.4 is 10.6 Å². The van der Waals surface area contributed by atoms with Gasteiger partial charge >= 0.3 is 5.97 Å². The van der Waals surface area contributed by atoms with Crippen molar-refractivity contribution in [1.82, 2.24) is 0 Å². The highest BCUT2D eigenvalue weighted by Crippen LogP contribution is 2.20. The van der Waals surface area contributed by atoms with Gasteiger partial charge in [-0.2, -0.15) is 0 Å². The van der Waals surface area contributed by atoms with Gasteiger partial charge in [-0.05, 0) is 17.5 Å². The van der Waals surface area contributed by atoms with E-state index in [-0.39, 0.29) is 13.1 Å². The van der Waals surface area contributed by atoms with E-state index in [1.54, 1.807) is 12.1 Å². The molecule has 1 heterocycles. The highest BCUT2D eigenvalue weighted by Gasteiger charge is 2.13. The van der Waals surface area contributed by atoms with Crippen molar-refractivity contribution < 1.29 is 14.7 Å². The fourth-order valence-electron chi connectivity index (χ4n) is 1.01. The number of rotatable bonds is 5. The van der Waals surface area contributed by atoms with Crippen LogP contribution in [0.4, 0.5) is 5.00 Å². The van der Waals surface area contributed by atoms with Gasteiger partial charge in [0.05, 0.1) is 11.5 Å². The number of aliphatic carboxylic acids is 1. The molecule has 1 aromatic rings. The predicted octanol–water partition coefficient (Wildman–Crippen LogP) is 0.124. The maximum Gasteiger partial charge on any atom is 0.323 e. The summed E-state index contributed by atoms with van der Waals surface area (Å²) in [6.45, 7) is -0.295. The molecule has 1 amide bonds. The monoisotopic (exact) mass is 214 g/mol. The molecule has 5 nitrogen and oxygen atoms in total. The Morgan fingerprint density at radius 2 is 2.21 bits per heavy atom. The van der Waals surface area contributed by atoms with E-state index in [1.165, 1.54) is 16.2 Å². The lowest BCUT2D eigenvalue weighted by atomic mass is 10.4. The molecule has 6 heteroatoms. The Kier molecular flexibility index (Phi) is 3.47. The van der Waals surface area contributed by atoms with Crippen LogP contribution in [-0.2, 0) is 9.59 Å². The van der Waals surface area contributed by atoms with Gasteiger partial charge in [0.25, 0.3) is 0 Å². The summed E-state index contributed by atoms with van der Waals surface area (Å²) < 4.78 is 0. The molecule has 0 atom stereocenters. The van der Waals surface area contributed by atoms with E-state index in [4.69, 9.17) is 10.8 Å². The molecule has 0 aliphatic rings. The van der Waals surface area contributed by atoms with Crippen molar-refractivity contribution in [3.05, 3.63) is 17.5 Å². The van der Waals surface area contributed by atoms with Crippen LogP contribution in [0, 0.1) is 0 Å². The molecule has 76 valence electrons. The molecule has 0 radical (unpaired) electrons. The van der Waals surface area contributed by atoms with Gasteiger partial charge in [-0.3, -0.25) is 9.59 Å². The summed E-state index contributed by atoms with van der Waals surface area (Å²) >= 11 is 1.37. The molecular formula is C8H10N2O3S. The van der Waals surface area contributed by atoms with E-state index in [0.717, 1.165) is 5.00 Å². The SMILES string of the molecule is NC(=O)CN(CC(=O)O)c1cccs1. The van der Waals surface area contributed by atoms with Crippen LogP contribution >= 0.6 is 11.3 Å². The van der Waals surface area contributed by atoms with Gasteiger partial charge < -0.3 is 15.7 Å². The summed E-state index contributed by atoms with van der Waals surface area (Å²) in [7, 11) is 0. The van der Waals surface area contributed by atoms with Gasteiger partial charge in [-0.25, -0.2) is 0 Å². The van der Waals surface area contributed by atoms with Crippen LogP contribution in [0.3, 0.4) is 0 Å². The first kappa shape index (κ1) is 10.5. The molecule has 3 N–H and O–H groups in total. The Morgan fingerprint density at radius 3 is 2.64 bits per heavy atom. The van der Waals surface area contributed by atoms with Crippen molar-refractivity contribution in [3.63, 3.8) is 0 Å². The molecule has 0 spiro atoms. The molecule has 0 fully saturated rings. The van der Waals surface area contributed by atoms with Gasteiger partial charge in [-0.15, -0.1) is 11.3 Å². The molecule has 0 aliphatic carbocycles. The molecule has 0 unspecified atom stereocenters. The highest BCUT2D eigenvalue weighted by atomic mass is 32.1. The van der Waals surface area contributed by atoms with Gasteiger partial charge in [0.2, 0.25) is 5.91 Å². The van der Waals surface area contributed by atoms with E-state index in [2.05, 4.69) is 0 Å². The normalized spacial score (nSPS) is 9.71. The second kappa shape index (κ2) is 4.61. The number of carbonyl (C=O) groups is 2. The van der Waals surface area contributed by atoms with E-state index >= 15 is 0 Å². The third-order valence-corrected chi connectivity index (χ3v) is 2.42. The van der Waals surface area contributed by atoms with Gasteiger partial charge in [0.1, 0.15) is 6.54 Å². The van der Waals surface area contributed by atoms with E-state index in [1.807, 2.05) is 5.38 Å². The maximum atomic E-state index is 10.7. The largest absolute Gasteiger partial charge is 0.480 e. The molecule has 0 bridgehead atoms. The van der Waals surface area contributed by atoms with E-state index < -0.39 is 11.9 Å². The third-order valence-electron chi connectivity index (χ3n) is 1.49. The third kappa shape index (κ3) is 3.06. The number of carboxylic acids is 1. The number of hydrogen-bond acceptors (Lipinski definition) is 4. The summed E-state index contributed by atoms with van der Waals surface area (Å²) in [5.74, 6) is -1.53.